The second-order valence-corrected chi connectivity index (χ2v) is 7.85. The lowest BCUT2D eigenvalue weighted by Crippen LogP contribution is -2.27. The zero-order valence-electron chi connectivity index (χ0n) is 13.7. The fourth-order valence-electron chi connectivity index (χ4n) is 3.08. The lowest BCUT2D eigenvalue weighted by molar-refractivity contribution is 0.0949. The van der Waals surface area contributed by atoms with Crippen LogP contribution in [0.4, 0.5) is 0 Å². The third-order valence-corrected chi connectivity index (χ3v) is 5.65. The summed E-state index contributed by atoms with van der Waals surface area (Å²) in [6.07, 6.45) is 0. The summed E-state index contributed by atoms with van der Waals surface area (Å²) in [4.78, 5) is 16.6. The number of halogens is 1. The molecule has 116 valence electrons. The number of hydrogen-bond acceptors (Lipinski definition) is 2. The first-order valence-electron chi connectivity index (χ1n) is 7.53. The Kier molecular flexibility index (Phi) is 4.09. The van der Waals surface area contributed by atoms with E-state index in [1.165, 1.54) is 0 Å². The Bertz CT molecular complexity index is 550. The van der Waals surface area contributed by atoms with Gasteiger partial charge in [-0.05, 0) is 34.8 Å². The van der Waals surface area contributed by atoms with Crippen molar-refractivity contribution in [1.29, 1.82) is 0 Å². The molecule has 4 heteroatoms. The molecule has 1 fully saturated rings. The van der Waals surface area contributed by atoms with E-state index in [1.807, 2.05) is 19.9 Å². The largest absolute Gasteiger partial charge is 0.352 e. The number of carbonyl (C=O) groups is 1. The van der Waals surface area contributed by atoms with E-state index >= 15 is 0 Å². The minimum atomic E-state index is -0.0697. The average molecular weight is 309 g/mol. The van der Waals surface area contributed by atoms with Gasteiger partial charge in [0.2, 0.25) is 0 Å². The van der Waals surface area contributed by atoms with Crippen LogP contribution in [-0.2, 0) is 0 Å². The third-order valence-electron chi connectivity index (χ3n) is 5.45. The molecule has 0 unspecified atom stereocenters. The highest BCUT2D eigenvalue weighted by Crippen LogP contribution is 2.67. The molecule has 0 spiro atoms. The van der Waals surface area contributed by atoms with E-state index in [4.69, 9.17) is 11.6 Å². The van der Waals surface area contributed by atoms with Crippen LogP contribution in [0.2, 0.25) is 5.15 Å². The lowest BCUT2D eigenvalue weighted by atomic mass is 10.0. The van der Waals surface area contributed by atoms with Crippen LogP contribution in [0.25, 0.3) is 0 Å². The number of pyridine rings is 1. The highest BCUT2D eigenvalue weighted by Gasteiger charge is 2.64. The van der Waals surface area contributed by atoms with Gasteiger partial charge in [-0.2, -0.15) is 0 Å². The van der Waals surface area contributed by atoms with Crippen molar-refractivity contribution in [3.63, 3.8) is 0 Å². The first-order chi connectivity index (χ1) is 9.57. The van der Waals surface area contributed by atoms with Gasteiger partial charge in [0.1, 0.15) is 5.15 Å². The van der Waals surface area contributed by atoms with Crippen molar-refractivity contribution in [1.82, 2.24) is 10.3 Å². The van der Waals surface area contributed by atoms with Crippen molar-refractivity contribution in [3.05, 3.63) is 28.5 Å². The van der Waals surface area contributed by atoms with Crippen LogP contribution in [-0.4, -0.2) is 17.4 Å². The fraction of sp³-hybridized carbons (Fsp3) is 0.647. The van der Waals surface area contributed by atoms with Gasteiger partial charge in [0.15, 0.2) is 0 Å². The number of nitrogens with zero attached hydrogens (tertiary/aromatic N) is 1. The van der Waals surface area contributed by atoms with Crippen LogP contribution < -0.4 is 5.32 Å². The Balaban J connectivity index is 2.05. The number of aromatic nitrogens is 1. The Morgan fingerprint density at radius 2 is 1.86 bits per heavy atom. The Morgan fingerprint density at radius 3 is 2.33 bits per heavy atom. The molecule has 1 amide bonds. The van der Waals surface area contributed by atoms with Crippen molar-refractivity contribution in [3.8, 4) is 0 Å². The average Bonchev–Trinajstić information content (AvgIpc) is 2.76. The van der Waals surface area contributed by atoms with E-state index in [2.05, 4.69) is 38.0 Å². The third kappa shape index (κ3) is 2.94. The molecule has 0 atom stereocenters. The number of carbonyl (C=O) groups excluding carboxylic acids is 1. The number of amides is 1. The first kappa shape index (κ1) is 16.3. The zero-order valence-corrected chi connectivity index (χ0v) is 14.5. The predicted octanol–water partition coefficient (Wildman–Crippen LogP) is 4.27. The molecule has 3 nitrogen and oxygen atoms in total. The number of rotatable bonds is 4. The summed E-state index contributed by atoms with van der Waals surface area (Å²) in [5, 5.41) is 3.41. The molecule has 0 radical (unpaired) electrons. The Labute approximate surface area is 132 Å². The maximum Gasteiger partial charge on any atom is 0.251 e. The van der Waals surface area contributed by atoms with Crippen LogP contribution >= 0.6 is 11.6 Å². The second kappa shape index (κ2) is 5.28. The first-order valence-corrected chi connectivity index (χ1v) is 7.91. The summed E-state index contributed by atoms with van der Waals surface area (Å²) in [7, 11) is 0. The number of hydrogen-bond donors (Lipinski definition) is 1. The van der Waals surface area contributed by atoms with Gasteiger partial charge in [0.25, 0.3) is 5.91 Å². The van der Waals surface area contributed by atoms with Crippen LogP contribution in [0, 0.1) is 16.7 Å². The van der Waals surface area contributed by atoms with Gasteiger partial charge in [-0.1, -0.05) is 53.1 Å². The second-order valence-electron chi connectivity index (χ2n) is 7.46. The maximum absolute atomic E-state index is 12.3. The van der Waals surface area contributed by atoms with E-state index in [-0.39, 0.29) is 22.7 Å². The minimum Gasteiger partial charge on any atom is -0.352 e. The highest BCUT2D eigenvalue weighted by molar-refractivity contribution is 6.29. The van der Waals surface area contributed by atoms with Gasteiger partial charge < -0.3 is 5.32 Å². The fourth-order valence-corrected chi connectivity index (χ4v) is 3.30. The molecule has 0 aromatic carbocycles. The van der Waals surface area contributed by atoms with Crippen molar-refractivity contribution in [2.45, 2.75) is 47.5 Å². The molecule has 21 heavy (non-hydrogen) atoms. The molecule has 0 bridgehead atoms. The normalized spacial score (nSPS) is 19.6. The lowest BCUT2D eigenvalue weighted by Gasteiger charge is -2.10. The molecule has 1 aliphatic carbocycles. The zero-order chi connectivity index (χ0) is 16.0. The van der Waals surface area contributed by atoms with Crippen LogP contribution in [0.3, 0.4) is 0 Å². The molecule has 1 aliphatic rings. The van der Waals surface area contributed by atoms with Crippen LogP contribution in [0.15, 0.2) is 12.1 Å². The van der Waals surface area contributed by atoms with Gasteiger partial charge in [-0.15, -0.1) is 0 Å². The van der Waals surface area contributed by atoms with E-state index in [0.29, 0.717) is 23.2 Å². The maximum atomic E-state index is 12.3. The molecule has 1 aromatic heterocycles. The smallest absolute Gasteiger partial charge is 0.251 e. The van der Waals surface area contributed by atoms with Crippen molar-refractivity contribution in [2.75, 3.05) is 6.54 Å². The Morgan fingerprint density at radius 1 is 1.29 bits per heavy atom. The summed E-state index contributed by atoms with van der Waals surface area (Å²) in [5.41, 5.74) is 1.99. The van der Waals surface area contributed by atoms with Gasteiger partial charge in [0.05, 0.1) is 0 Å². The SMILES string of the molecule is CC(C)c1cc(C(=O)NCC2C(C)(C)C2(C)C)cc(Cl)n1. The molecular formula is C17H25ClN2O. The van der Waals surface area contributed by atoms with E-state index in [9.17, 15) is 4.79 Å². The van der Waals surface area contributed by atoms with Crippen molar-refractivity contribution >= 4 is 17.5 Å². The van der Waals surface area contributed by atoms with E-state index in [1.54, 1.807) is 6.07 Å². The molecule has 1 heterocycles. The molecule has 1 N–H and O–H groups in total. The van der Waals surface area contributed by atoms with Crippen LogP contribution in [0.1, 0.15) is 63.5 Å². The van der Waals surface area contributed by atoms with Gasteiger partial charge in [-0.3, -0.25) is 4.79 Å². The van der Waals surface area contributed by atoms with E-state index < -0.39 is 0 Å². The monoisotopic (exact) mass is 308 g/mol. The van der Waals surface area contributed by atoms with E-state index in [0.717, 1.165) is 5.69 Å². The molecule has 2 rings (SSSR count). The molecule has 0 aliphatic heterocycles. The quantitative estimate of drug-likeness (QED) is 0.844. The van der Waals surface area contributed by atoms with Crippen LogP contribution in [0.5, 0.6) is 0 Å². The summed E-state index contributed by atoms with van der Waals surface area (Å²) in [5.74, 6) is 0.687. The predicted molar refractivity (Wildman–Crippen MR) is 86.7 cm³/mol. The van der Waals surface area contributed by atoms with Crippen molar-refractivity contribution in [2.24, 2.45) is 16.7 Å². The van der Waals surface area contributed by atoms with Gasteiger partial charge in [0, 0.05) is 17.8 Å². The molecular weight excluding hydrogens is 284 g/mol. The summed E-state index contributed by atoms with van der Waals surface area (Å²) in [6.45, 7) is 13.8. The van der Waals surface area contributed by atoms with Crippen molar-refractivity contribution < 1.29 is 4.79 Å². The van der Waals surface area contributed by atoms with Gasteiger partial charge in [-0.25, -0.2) is 4.98 Å². The molecule has 1 saturated carbocycles. The van der Waals surface area contributed by atoms with Gasteiger partial charge >= 0.3 is 0 Å². The molecule has 0 saturated heterocycles. The standard InChI is InChI=1S/C17H25ClN2O/c1-10(2)12-7-11(8-14(18)20-12)15(21)19-9-13-16(3,4)17(13,5)6/h7-8,10,13H,9H2,1-6H3,(H,19,21). The molecule has 1 aromatic rings. The highest BCUT2D eigenvalue weighted by atomic mass is 35.5. The summed E-state index contributed by atoms with van der Waals surface area (Å²) >= 11 is 6.01. The summed E-state index contributed by atoms with van der Waals surface area (Å²) < 4.78 is 0. The summed E-state index contributed by atoms with van der Waals surface area (Å²) in [6, 6.07) is 3.46. The number of nitrogens with one attached hydrogen (secondary N) is 1. The topological polar surface area (TPSA) is 42.0 Å². The Hall–Kier alpha value is -1.09. The minimum absolute atomic E-state index is 0.0697.